The lowest BCUT2D eigenvalue weighted by molar-refractivity contribution is 0.0964. The van der Waals surface area contributed by atoms with Gasteiger partial charge in [0, 0.05) is 42.4 Å². The molecule has 0 radical (unpaired) electrons. The number of carbonyl (C=O) groups excluding carboxylic acids is 1. The van der Waals surface area contributed by atoms with E-state index in [0.29, 0.717) is 50.4 Å². The van der Waals surface area contributed by atoms with Crippen molar-refractivity contribution >= 4 is 46.4 Å². The number of anilines is 1. The fourth-order valence-corrected chi connectivity index (χ4v) is 5.42. The number of rotatable bonds is 5. The Balaban J connectivity index is 1.63. The van der Waals surface area contributed by atoms with E-state index < -0.39 is 23.4 Å². The number of halogens is 3. The summed E-state index contributed by atoms with van der Waals surface area (Å²) in [6.07, 6.45) is 0. The van der Waals surface area contributed by atoms with Gasteiger partial charge < -0.3 is 14.0 Å². The van der Waals surface area contributed by atoms with Gasteiger partial charge in [-0.2, -0.15) is 5.26 Å². The summed E-state index contributed by atoms with van der Waals surface area (Å²) in [4.78, 5) is 17.5. The first-order chi connectivity index (χ1) is 20.6. The summed E-state index contributed by atoms with van der Waals surface area (Å²) in [7, 11) is 3.19. The number of thiol groups is 1. The molecule has 1 amide bonds. The molecule has 0 aliphatic heterocycles. The van der Waals surface area contributed by atoms with Crippen LogP contribution in [-0.4, -0.2) is 29.6 Å². The number of benzene rings is 4. The zero-order valence-corrected chi connectivity index (χ0v) is 23.9. The van der Waals surface area contributed by atoms with Crippen molar-refractivity contribution in [1.29, 1.82) is 5.26 Å². The maximum atomic E-state index is 15.7. The van der Waals surface area contributed by atoms with Crippen molar-refractivity contribution in [2.45, 2.75) is 6.92 Å². The van der Waals surface area contributed by atoms with Crippen LogP contribution in [0.15, 0.2) is 71.1 Å². The molecule has 11 heteroatoms. The normalized spacial score (nSPS) is 11.2. The third-order valence-corrected chi connectivity index (χ3v) is 7.45. The van der Waals surface area contributed by atoms with E-state index >= 15 is 4.39 Å². The molecule has 0 fully saturated rings. The fraction of sp³-hybridized carbons (Fsp3) is 0.0938. The number of amides is 1. The van der Waals surface area contributed by atoms with E-state index in [4.69, 9.17) is 4.42 Å². The highest BCUT2D eigenvalue weighted by atomic mass is 32.1. The second-order valence-electron chi connectivity index (χ2n) is 9.88. The number of aryl methyl sites for hydroxylation is 1. The van der Waals surface area contributed by atoms with Gasteiger partial charge in [-0.05, 0) is 73.2 Å². The molecule has 0 saturated carbocycles. The number of nitrogens with zero attached hydrogens (tertiary/aromatic N) is 4. The SMILES string of the molecule is CNC(=O)c1c(-c2ccc(F)cc2)oc2cc(N(C)S)c(-c3cc(F)c4nc(C)n(-c5ccc(F)c(C#N)c5)c4c3)cc12. The highest BCUT2D eigenvalue weighted by Gasteiger charge is 2.25. The third kappa shape index (κ3) is 4.66. The lowest BCUT2D eigenvalue weighted by Crippen LogP contribution is -2.18. The van der Waals surface area contributed by atoms with E-state index in [9.17, 15) is 18.8 Å². The standard InChI is InChI=1S/C32H22F3N5O2S/c1-16-38-30-25(35)11-18(12-27(30)40(16)21-8-9-24(34)19(10-21)15-36)22-13-23-28(14-26(22)39(3)43)42-31(29(23)32(41)37-2)17-4-6-20(33)7-5-17/h4-14,43H,1-3H3,(H,37,41). The Hall–Kier alpha value is -5.21. The molecule has 0 bridgehead atoms. The molecule has 43 heavy (non-hydrogen) atoms. The zero-order valence-electron chi connectivity index (χ0n) is 23.0. The number of nitriles is 1. The minimum atomic E-state index is -0.665. The summed E-state index contributed by atoms with van der Waals surface area (Å²) >= 11 is 4.51. The molecular formula is C32H22F3N5O2S. The van der Waals surface area contributed by atoms with Gasteiger partial charge in [0.05, 0.1) is 22.3 Å². The van der Waals surface area contributed by atoms with E-state index in [1.807, 2.05) is 6.07 Å². The van der Waals surface area contributed by atoms with Crippen molar-refractivity contribution in [1.82, 2.24) is 14.9 Å². The number of imidazole rings is 1. The van der Waals surface area contributed by atoms with Gasteiger partial charge in [-0.25, -0.2) is 18.2 Å². The lowest BCUT2D eigenvalue weighted by atomic mass is 9.98. The second kappa shape index (κ2) is 10.6. The first-order valence-corrected chi connectivity index (χ1v) is 13.4. The Morgan fingerprint density at radius 1 is 1.02 bits per heavy atom. The summed E-state index contributed by atoms with van der Waals surface area (Å²) in [5.74, 6) is -1.43. The highest BCUT2D eigenvalue weighted by molar-refractivity contribution is 7.81. The molecule has 1 N–H and O–H groups in total. The molecule has 0 saturated heterocycles. The van der Waals surface area contributed by atoms with Crippen molar-refractivity contribution in [2.75, 3.05) is 18.4 Å². The second-order valence-corrected chi connectivity index (χ2v) is 10.5. The quantitative estimate of drug-likeness (QED) is 0.203. The van der Waals surface area contributed by atoms with Crippen LogP contribution < -0.4 is 9.62 Å². The number of carbonyl (C=O) groups is 1. The topological polar surface area (TPSA) is 87.1 Å². The van der Waals surface area contributed by atoms with Gasteiger partial charge in [-0.15, -0.1) is 0 Å². The van der Waals surface area contributed by atoms with Crippen LogP contribution in [0.25, 0.3) is 50.1 Å². The van der Waals surface area contributed by atoms with Crippen LogP contribution in [0.5, 0.6) is 0 Å². The number of hydrogen-bond donors (Lipinski definition) is 2. The van der Waals surface area contributed by atoms with Crippen LogP contribution in [0.3, 0.4) is 0 Å². The first kappa shape index (κ1) is 27.9. The van der Waals surface area contributed by atoms with Crippen LogP contribution in [0, 0.1) is 35.7 Å². The van der Waals surface area contributed by atoms with E-state index in [1.165, 1.54) is 59.9 Å². The van der Waals surface area contributed by atoms with Crippen LogP contribution >= 0.6 is 12.8 Å². The number of hydrogen-bond acceptors (Lipinski definition) is 6. The van der Waals surface area contributed by atoms with Gasteiger partial charge in [0.2, 0.25) is 0 Å². The van der Waals surface area contributed by atoms with Crippen LogP contribution in [0.4, 0.5) is 18.9 Å². The molecule has 214 valence electrons. The van der Waals surface area contributed by atoms with Crippen molar-refractivity contribution in [2.24, 2.45) is 0 Å². The molecule has 6 aromatic rings. The van der Waals surface area contributed by atoms with Crippen molar-refractivity contribution in [3.63, 3.8) is 0 Å². The Morgan fingerprint density at radius 3 is 2.44 bits per heavy atom. The number of nitrogens with one attached hydrogen (secondary N) is 1. The number of aromatic nitrogens is 2. The van der Waals surface area contributed by atoms with E-state index in [1.54, 1.807) is 36.7 Å². The van der Waals surface area contributed by atoms with Gasteiger partial charge in [0.25, 0.3) is 5.91 Å². The minimum Gasteiger partial charge on any atom is -0.455 e. The van der Waals surface area contributed by atoms with Crippen molar-refractivity contribution in [3.05, 3.63) is 101 Å². The lowest BCUT2D eigenvalue weighted by Gasteiger charge is -2.17. The Bertz CT molecular complexity index is 2130. The smallest absolute Gasteiger partial charge is 0.255 e. The van der Waals surface area contributed by atoms with Gasteiger partial charge in [0.1, 0.15) is 40.4 Å². The predicted octanol–water partition coefficient (Wildman–Crippen LogP) is 7.34. The summed E-state index contributed by atoms with van der Waals surface area (Å²) in [6, 6.07) is 18.0. The average Bonchev–Trinajstić information content (AvgIpc) is 3.54. The predicted molar refractivity (Wildman–Crippen MR) is 162 cm³/mol. The molecule has 4 aromatic carbocycles. The zero-order chi connectivity index (χ0) is 30.6. The molecule has 0 spiro atoms. The number of fused-ring (bicyclic) bond motifs is 2. The Labute approximate surface area is 249 Å². The van der Waals surface area contributed by atoms with Gasteiger partial charge >= 0.3 is 0 Å². The van der Waals surface area contributed by atoms with Crippen LogP contribution in [0.1, 0.15) is 21.7 Å². The summed E-state index contributed by atoms with van der Waals surface area (Å²) < 4.78 is 52.8. The maximum absolute atomic E-state index is 15.7. The van der Waals surface area contributed by atoms with E-state index in [-0.39, 0.29) is 22.4 Å². The largest absolute Gasteiger partial charge is 0.455 e. The molecule has 2 heterocycles. The molecule has 0 unspecified atom stereocenters. The van der Waals surface area contributed by atoms with Gasteiger partial charge in [-0.1, -0.05) is 12.8 Å². The molecule has 0 aliphatic carbocycles. The summed E-state index contributed by atoms with van der Waals surface area (Å²) in [5, 5.41) is 12.4. The highest BCUT2D eigenvalue weighted by Crippen LogP contribution is 2.42. The van der Waals surface area contributed by atoms with Crippen LogP contribution in [-0.2, 0) is 0 Å². The van der Waals surface area contributed by atoms with Crippen LogP contribution in [0.2, 0.25) is 0 Å². The Morgan fingerprint density at radius 2 is 1.77 bits per heavy atom. The first-order valence-electron chi connectivity index (χ1n) is 13.0. The molecule has 0 aliphatic rings. The molecular weight excluding hydrogens is 575 g/mol. The fourth-order valence-electron chi connectivity index (χ4n) is 5.26. The third-order valence-electron chi connectivity index (χ3n) is 7.24. The summed E-state index contributed by atoms with van der Waals surface area (Å²) in [6.45, 7) is 1.69. The van der Waals surface area contributed by atoms with Crippen molar-refractivity contribution < 1.29 is 22.4 Å². The molecule has 0 atom stereocenters. The van der Waals surface area contributed by atoms with Gasteiger partial charge in [-0.3, -0.25) is 9.36 Å². The van der Waals surface area contributed by atoms with Crippen molar-refractivity contribution in [3.8, 4) is 34.2 Å². The van der Waals surface area contributed by atoms with E-state index in [2.05, 4.69) is 23.1 Å². The van der Waals surface area contributed by atoms with E-state index in [0.717, 1.165) is 0 Å². The molecule has 2 aromatic heterocycles. The molecule has 6 rings (SSSR count). The van der Waals surface area contributed by atoms with Gasteiger partial charge in [0.15, 0.2) is 5.82 Å². The molecule has 7 nitrogen and oxygen atoms in total. The number of furan rings is 1. The summed E-state index contributed by atoms with van der Waals surface area (Å²) in [5.41, 5.74) is 3.40. The Kier molecular flexibility index (Phi) is 6.86. The average molecular weight is 598 g/mol. The monoisotopic (exact) mass is 597 g/mol. The minimum absolute atomic E-state index is 0.0962. The maximum Gasteiger partial charge on any atom is 0.255 e.